The molecule has 4 aromatic rings. The van der Waals surface area contributed by atoms with Crippen molar-refractivity contribution in [2.75, 3.05) is 13.1 Å². The SMILES string of the molecule is O=C(O)N1CCC(c2coc3c(Oc4ccc(-n5cnnn5)cc4)ncnc23)CC1. The first-order chi connectivity index (χ1) is 14.7. The molecule has 0 aliphatic carbocycles. The van der Waals surface area contributed by atoms with Crippen molar-refractivity contribution in [1.29, 1.82) is 0 Å². The lowest BCUT2D eigenvalue weighted by atomic mass is 9.90. The molecule has 1 N–H and O–H groups in total. The van der Waals surface area contributed by atoms with Crippen LogP contribution in [0.5, 0.6) is 11.6 Å². The van der Waals surface area contributed by atoms with Gasteiger partial charge in [-0.1, -0.05) is 0 Å². The number of nitrogens with zero attached hydrogens (tertiary/aromatic N) is 7. The van der Waals surface area contributed by atoms with Gasteiger partial charge in [-0.25, -0.2) is 14.5 Å². The minimum atomic E-state index is -0.880. The molecular formula is C19H17N7O4. The highest BCUT2D eigenvalue weighted by atomic mass is 16.5. The van der Waals surface area contributed by atoms with Gasteiger partial charge in [-0.2, -0.15) is 4.98 Å². The summed E-state index contributed by atoms with van der Waals surface area (Å²) in [6, 6.07) is 7.23. The molecule has 0 radical (unpaired) electrons. The zero-order valence-electron chi connectivity index (χ0n) is 15.7. The van der Waals surface area contributed by atoms with Crippen molar-refractivity contribution >= 4 is 17.2 Å². The van der Waals surface area contributed by atoms with Crippen LogP contribution < -0.4 is 4.74 Å². The first-order valence-corrected chi connectivity index (χ1v) is 9.40. The summed E-state index contributed by atoms with van der Waals surface area (Å²) in [5, 5.41) is 20.2. The van der Waals surface area contributed by atoms with E-state index in [2.05, 4.69) is 25.5 Å². The fourth-order valence-corrected chi connectivity index (χ4v) is 3.65. The van der Waals surface area contributed by atoms with Crippen molar-refractivity contribution in [3.8, 4) is 17.3 Å². The minimum Gasteiger partial charge on any atom is -0.465 e. The van der Waals surface area contributed by atoms with Crippen LogP contribution >= 0.6 is 0 Å². The van der Waals surface area contributed by atoms with Crippen LogP contribution in [0.15, 0.2) is 47.6 Å². The van der Waals surface area contributed by atoms with Gasteiger partial charge in [0.25, 0.3) is 5.88 Å². The van der Waals surface area contributed by atoms with Crippen LogP contribution in [-0.4, -0.2) is 59.4 Å². The van der Waals surface area contributed by atoms with Crippen molar-refractivity contribution < 1.29 is 19.1 Å². The number of hydrogen-bond donors (Lipinski definition) is 1. The number of benzene rings is 1. The zero-order valence-corrected chi connectivity index (χ0v) is 15.7. The average Bonchev–Trinajstić information content (AvgIpc) is 3.45. The lowest BCUT2D eigenvalue weighted by Crippen LogP contribution is -2.36. The second-order valence-corrected chi connectivity index (χ2v) is 6.94. The number of piperidine rings is 1. The second-order valence-electron chi connectivity index (χ2n) is 6.94. The highest BCUT2D eigenvalue weighted by Crippen LogP contribution is 2.36. The van der Waals surface area contributed by atoms with E-state index in [-0.39, 0.29) is 5.92 Å². The van der Waals surface area contributed by atoms with Gasteiger partial charge in [0.1, 0.15) is 23.9 Å². The van der Waals surface area contributed by atoms with Gasteiger partial charge in [-0.3, -0.25) is 0 Å². The van der Waals surface area contributed by atoms with Crippen LogP contribution in [0.25, 0.3) is 16.8 Å². The smallest absolute Gasteiger partial charge is 0.407 e. The summed E-state index contributed by atoms with van der Waals surface area (Å²) in [5.74, 6) is 1.09. The van der Waals surface area contributed by atoms with E-state index in [1.54, 1.807) is 23.1 Å². The molecule has 3 aromatic heterocycles. The van der Waals surface area contributed by atoms with Crippen molar-refractivity contribution in [1.82, 2.24) is 35.1 Å². The van der Waals surface area contributed by atoms with Crippen molar-refractivity contribution in [2.24, 2.45) is 0 Å². The summed E-state index contributed by atoms with van der Waals surface area (Å²) in [7, 11) is 0. The number of carboxylic acid groups (broad SMARTS) is 1. The highest BCUT2D eigenvalue weighted by molar-refractivity contribution is 5.81. The van der Waals surface area contributed by atoms with Crippen LogP contribution in [0.4, 0.5) is 4.79 Å². The first kappa shape index (κ1) is 18.0. The maximum Gasteiger partial charge on any atom is 0.407 e. The van der Waals surface area contributed by atoms with Gasteiger partial charge in [-0.15, -0.1) is 5.10 Å². The molecule has 11 heteroatoms. The predicted molar refractivity (Wildman–Crippen MR) is 103 cm³/mol. The molecule has 1 aliphatic heterocycles. The van der Waals surface area contributed by atoms with Crippen molar-refractivity contribution in [3.05, 3.63) is 48.7 Å². The highest BCUT2D eigenvalue weighted by Gasteiger charge is 2.27. The predicted octanol–water partition coefficient (Wildman–Crippen LogP) is 2.85. The van der Waals surface area contributed by atoms with Gasteiger partial charge in [0.05, 0.1) is 12.0 Å². The van der Waals surface area contributed by atoms with E-state index in [1.165, 1.54) is 17.6 Å². The van der Waals surface area contributed by atoms with Crippen LogP contribution in [0.1, 0.15) is 24.3 Å². The van der Waals surface area contributed by atoms with Gasteiger partial charge in [0.15, 0.2) is 0 Å². The largest absolute Gasteiger partial charge is 0.465 e. The van der Waals surface area contributed by atoms with Gasteiger partial charge in [-0.05, 0) is 53.5 Å². The third-order valence-electron chi connectivity index (χ3n) is 5.22. The number of furan rings is 1. The summed E-state index contributed by atoms with van der Waals surface area (Å²) in [5.41, 5.74) is 2.92. The van der Waals surface area contributed by atoms with E-state index >= 15 is 0 Å². The number of carbonyl (C=O) groups is 1. The number of fused-ring (bicyclic) bond motifs is 1. The van der Waals surface area contributed by atoms with E-state index in [9.17, 15) is 4.79 Å². The Morgan fingerprint density at radius 1 is 1.17 bits per heavy atom. The topological polar surface area (TPSA) is 132 Å². The fourth-order valence-electron chi connectivity index (χ4n) is 3.65. The number of aromatic nitrogens is 6. The third-order valence-corrected chi connectivity index (χ3v) is 5.22. The van der Waals surface area contributed by atoms with Gasteiger partial charge in [0.2, 0.25) is 5.58 Å². The normalized spacial score (nSPS) is 14.9. The maximum atomic E-state index is 11.1. The molecule has 30 heavy (non-hydrogen) atoms. The Hall–Kier alpha value is -4.02. The van der Waals surface area contributed by atoms with Gasteiger partial charge >= 0.3 is 6.09 Å². The van der Waals surface area contributed by atoms with E-state index in [4.69, 9.17) is 14.3 Å². The number of tetrazole rings is 1. The molecule has 0 bridgehead atoms. The number of hydrogen-bond acceptors (Lipinski definition) is 8. The Morgan fingerprint density at radius 3 is 2.67 bits per heavy atom. The molecular weight excluding hydrogens is 390 g/mol. The maximum absolute atomic E-state index is 11.1. The molecule has 11 nitrogen and oxygen atoms in total. The lowest BCUT2D eigenvalue weighted by Gasteiger charge is -2.29. The van der Waals surface area contributed by atoms with Crippen LogP contribution in [0.2, 0.25) is 0 Å². The van der Waals surface area contributed by atoms with Crippen LogP contribution in [-0.2, 0) is 0 Å². The van der Waals surface area contributed by atoms with Gasteiger partial charge in [0, 0.05) is 18.7 Å². The van der Waals surface area contributed by atoms with E-state index < -0.39 is 6.09 Å². The Kier molecular flexibility index (Phi) is 4.46. The van der Waals surface area contributed by atoms with Crippen molar-refractivity contribution in [2.45, 2.75) is 18.8 Å². The lowest BCUT2D eigenvalue weighted by molar-refractivity contribution is 0.132. The monoisotopic (exact) mass is 407 g/mol. The number of likely N-dealkylation sites (tertiary alicyclic amines) is 1. The molecule has 0 saturated carbocycles. The Morgan fingerprint density at radius 2 is 1.97 bits per heavy atom. The molecule has 1 saturated heterocycles. The molecule has 1 aromatic carbocycles. The van der Waals surface area contributed by atoms with E-state index in [0.29, 0.717) is 35.8 Å². The summed E-state index contributed by atoms with van der Waals surface area (Å²) < 4.78 is 13.2. The average molecular weight is 407 g/mol. The second kappa shape index (κ2) is 7.43. The molecule has 4 heterocycles. The number of ether oxygens (including phenoxy) is 1. The van der Waals surface area contributed by atoms with E-state index in [1.807, 2.05) is 12.1 Å². The molecule has 1 aliphatic rings. The molecule has 152 valence electrons. The minimum absolute atomic E-state index is 0.181. The van der Waals surface area contributed by atoms with E-state index in [0.717, 1.165) is 24.1 Å². The fraction of sp³-hybridized carbons (Fsp3) is 0.263. The first-order valence-electron chi connectivity index (χ1n) is 9.40. The van der Waals surface area contributed by atoms with Crippen LogP contribution in [0, 0.1) is 0 Å². The third kappa shape index (κ3) is 3.30. The standard InChI is InChI=1S/C19H17N7O4/c27-19(28)25-7-5-12(6-8-25)15-9-29-17-16(15)20-10-21-18(17)30-14-3-1-13(2-4-14)26-11-22-23-24-26/h1-4,9-12H,5-8H2,(H,27,28). The summed E-state index contributed by atoms with van der Waals surface area (Å²) in [6.45, 7) is 0.990. The summed E-state index contributed by atoms with van der Waals surface area (Å²) >= 11 is 0. The molecule has 1 fully saturated rings. The molecule has 0 atom stereocenters. The molecule has 0 unspecified atom stereocenters. The molecule has 0 spiro atoms. The van der Waals surface area contributed by atoms with Crippen LogP contribution in [0.3, 0.4) is 0 Å². The Balaban J connectivity index is 1.37. The zero-order chi connectivity index (χ0) is 20.5. The number of rotatable bonds is 4. The Bertz CT molecular complexity index is 1170. The van der Waals surface area contributed by atoms with Gasteiger partial charge < -0.3 is 19.2 Å². The quantitative estimate of drug-likeness (QED) is 0.542. The number of amides is 1. The summed E-state index contributed by atoms with van der Waals surface area (Å²) in [6.07, 6.45) is 5.19. The van der Waals surface area contributed by atoms with Crippen molar-refractivity contribution in [3.63, 3.8) is 0 Å². The Labute approximate surface area is 169 Å². The molecule has 5 rings (SSSR count). The summed E-state index contributed by atoms with van der Waals surface area (Å²) in [4.78, 5) is 21.2. The molecule has 1 amide bonds.